The van der Waals surface area contributed by atoms with Crippen molar-refractivity contribution in [3.63, 3.8) is 0 Å². The van der Waals surface area contributed by atoms with Crippen LogP contribution in [0.4, 0.5) is 0 Å². The Kier molecular flexibility index (Phi) is 4.43. The Bertz CT molecular complexity index is 697. The number of nitrogens with two attached hydrogens (primary N) is 2. The summed E-state index contributed by atoms with van der Waals surface area (Å²) in [5, 5.41) is 13.1. The van der Waals surface area contributed by atoms with Gasteiger partial charge in [0.25, 0.3) is 0 Å². The van der Waals surface area contributed by atoms with Crippen molar-refractivity contribution in [1.82, 2.24) is 15.2 Å². The second kappa shape index (κ2) is 6.45. The first-order valence-electron chi connectivity index (χ1n) is 6.22. The minimum absolute atomic E-state index is 0.108. The Labute approximate surface area is 122 Å². The van der Waals surface area contributed by atoms with E-state index in [0.29, 0.717) is 17.9 Å². The van der Waals surface area contributed by atoms with E-state index in [1.165, 1.54) is 0 Å². The maximum Gasteiger partial charge on any atom is 0.151 e. The lowest BCUT2D eigenvalue weighted by atomic mass is 10.1. The van der Waals surface area contributed by atoms with Crippen molar-refractivity contribution >= 4 is 5.70 Å². The van der Waals surface area contributed by atoms with Crippen LogP contribution < -0.4 is 21.7 Å². The molecule has 1 heterocycles. The zero-order valence-corrected chi connectivity index (χ0v) is 11.6. The fourth-order valence-electron chi connectivity index (χ4n) is 1.77. The SMILES string of the molecule is Cn1ccc(COc2cccc(/C(N)=C(\C#N)NN)c2)n1. The van der Waals surface area contributed by atoms with Crippen molar-refractivity contribution in [2.45, 2.75) is 6.61 Å². The van der Waals surface area contributed by atoms with Gasteiger partial charge in [-0.05, 0) is 18.2 Å². The van der Waals surface area contributed by atoms with Crippen LogP contribution >= 0.6 is 0 Å². The molecule has 0 bridgehead atoms. The number of aryl methyl sites for hydroxylation is 1. The first-order valence-corrected chi connectivity index (χ1v) is 6.22. The molecule has 5 N–H and O–H groups in total. The van der Waals surface area contributed by atoms with Gasteiger partial charge in [0.1, 0.15) is 18.4 Å². The van der Waals surface area contributed by atoms with Crippen molar-refractivity contribution in [3.05, 3.63) is 53.5 Å². The monoisotopic (exact) mass is 284 g/mol. The third-order valence-electron chi connectivity index (χ3n) is 2.83. The number of nitriles is 1. The largest absolute Gasteiger partial charge is 0.487 e. The summed E-state index contributed by atoms with van der Waals surface area (Å²) in [6, 6.07) is 10.9. The molecular weight excluding hydrogens is 268 g/mol. The lowest BCUT2D eigenvalue weighted by Crippen LogP contribution is -2.23. The van der Waals surface area contributed by atoms with Crippen LogP contribution in [0.1, 0.15) is 11.3 Å². The van der Waals surface area contributed by atoms with Gasteiger partial charge in [-0.3, -0.25) is 4.68 Å². The molecule has 7 heteroatoms. The number of aromatic nitrogens is 2. The highest BCUT2D eigenvalue weighted by molar-refractivity contribution is 5.69. The Morgan fingerprint density at radius 3 is 2.90 bits per heavy atom. The number of hydrogen-bond donors (Lipinski definition) is 3. The number of hydrogen-bond acceptors (Lipinski definition) is 6. The maximum atomic E-state index is 8.91. The zero-order valence-electron chi connectivity index (χ0n) is 11.6. The number of nitrogens with zero attached hydrogens (tertiary/aromatic N) is 3. The van der Waals surface area contributed by atoms with Crippen LogP contribution in [-0.2, 0) is 13.7 Å². The van der Waals surface area contributed by atoms with Crippen LogP contribution in [0.2, 0.25) is 0 Å². The molecule has 0 saturated heterocycles. The quantitative estimate of drug-likeness (QED) is 0.421. The van der Waals surface area contributed by atoms with E-state index in [-0.39, 0.29) is 11.4 Å². The van der Waals surface area contributed by atoms with Gasteiger partial charge in [-0.15, -0.1) is 0 Å². The zero-order chi connectivity index (χ0) is 15.2. The third-order valence-corrected chi connectivity index (χ3v) is 2.83. The normalized spacial score (nSPS) is 11.5. The summed E-state index contributed by atoms with van der Waals surface area (Å²) in [5.74, 6) is 5.88. The molecule has 0 fully saturated rings. The van der Waals surface area contributed by atoms with E-state index in [4.69, 9.17) is 21.6 Å². The number of ether oxygens (including phenoxy) is 1. The summed E-state index contributed by atoms with van der Waals surface area (Å²) in [6.45, 7) is 0.355. The second-order valence-electron chi connectivity index (χ2n) is 4.34. The molecule has 0 aliphatic heterocycles. The first kappa shape index (κ1) is 14.4. The maximum absolute atomic E-state index is 8.91. The molecule has 1 aromatic carbocycles. The fourth-order valence-corrected chi connectivity index (χ4v) is 1.77. The molecule has 2 rings (SSSR count). The molecule has 0 saturated carbocycles. The molecule has 7 nitrogen and oxygen atoms in total. The van der Waals surface area contributed by atoms with Gasteiger partial charge in [0, 0.05) is 18.8 Å². The summed E-state index contributed by atoms with van der Waals surface area (Å²) in [4.78, 5) is 0. The van der Waals surface area contributed by atoms with Gasteiger partial charge < -0.3 is 15.9 Å². The number of nitrogens with one attached hydrogen (secondary N) is 1. The van der Waals surface area contributed by atoms with Crippen molar-refractivity contribution in [1.29, 1.82) is 5.26 Å². The number of rotatable bonds is 5. The van der Waals surface area contributed by atoms with E-state index in [1.807, 2.05) is 31.4 Å². The van der Waals surface area contributed by atoms with Crippen LogP contribution in [-0.4, -0.2) is 9.78 Å². The van der Waals surface area contributed by atoms with Gasteiger partial charge in [0.15, 0.2) is 5.70 Å². The molecule has 0 unspecified atom stereocenters. The molecule has 0 aliphatic rings. The second-order valence-corrected chi connectivity index (χ2v) is 4.34. The number of hydrazine groups is 1. The molecular formula is C14H16N6O. The molecule has 108 valence electrons. The highest BCUT2D eigenvalue weighted by atomic mass is 16.5. The van der Waals surface area contributed by atoms with Gasteiger partial charge in [0.05, 0.1) is 11.4 Å². The van der Waals surface area contributed by atoms with E-state index in [2.05, 4.69) is 10.5 Å². The average Bonchev–Trinajstić information content (AvgIpc) is 2.92. The summed E-state index contributed by atoms with van der Waals surface area (Å²) < 4.78 is 7.36. The summed E-state index contributed by atoms with van der Waals surface area (Å²) in [6.07, 6.45) is 1.85. The Hall–Kier alpha value is -2.98. The summed E-state index contributed by atoms with van der Waals surface area (Å²) in [5.41, 5.74) is 10.0. The minimum Gasteiger partial charge on any atom is -0.487 e. The first-order chi connectivity index (χ1) is 10.1. The van der Waals surface area contributed by atoms with Crippen LogP contribution in [0.25, 0.3) is 5.70 Å². The smallest absolute Gasteiger partial charge is 0.151 e. The molecule has 0 aliphatic carbocycles. The predicted octanol–water partition coefficient (Wildman–Crippen LogP) is 0.613. The lowest BCUT2D eigenvalue weighted by Gasteiger charge is -2.08. The van der Waals surface area contributed by atoms with E-state index in [1.54, 1.807) is 22.9 Å². The molecule has 21 heavy (non-hydrogen) atoms. The van der Waals surface area contributed by atoms with E-state index in [9.17, 15) is 0 Å². The highest BCUT2D eigenvalue weighted by Crippen LogP contribution is 2.19. The number of allylic oxidation sites excluding steroid dienone is 1. The molecule has 0 atom stereocenters. The molecule has 1 aromatic heterocycles. The van der Waals surface area contributed by atoms with Gasteiger partial charge in [-0.1, -0.05) is 12.1 Å². The van der Waals surface area contributed by atoms with Crippen molar-refractivity contribution in [2.75, 3.05) is 0 Å². The minimum atomic E-state index is 0.108. The third kappa shape index (κ3) is 3.52. The van der Waals surface area contributed by atoms with Crippen LogP contribution in [0, 0.1) is 11.3 Å². The molecule has 2 aromatic rings. The van der Waals surface area contributed by atoms with Gasteiger partial charge in [-0.25, -0.2) is 5.84 Å². The Morgan fingerprint density at radius 1 is 1.48 bits per heavy atom. The topological polar surface area (TPSA) is 115 Å². The lowest BCUT2D eigenvalue weighted by molar-refractivity contribution is 0.300. The van der Waals surface area contributed by atoms with Gasteiger partial charge in [0.2, 0.25) is 0 Å². The predicted molar refractivity (Wildman–Crippen MR) is 78.0 cm³/mol. The molecule has 0 spiro atoms. The molecule has 0 amide bonds. The summed E-state index contributed by atoms with van der Waals surface area (Å²) in [7, 11) is 1.85. The Morgan fingerprint density at radius 2 is 2.29 bits per heavy atom. The van der Waals surface area contributed by atoms with Crippen LogP contribution in [0.3, 0.4) is 0 Å². The average molecular weight is 284 g/mol. The van der Waals surface area contributed by atoms with E-state index in [0.717, 1.165) is 5.69 Å². The van der Waals surface area contributed by atoms with Crippen molar-refractivity contribution < 1.29 is 4.74 Å². The van der Waals surface area contributed by atoms with Gasteiger partial charge in [-0.2, -0.15) is 10.4 Å². The number of benzene rings is 1. The Balaban J connectivity index is 2.15. The van der Waals surface area contributed by atoms with Crippen molar-refractivity contribution in [3.8, 4) is 11.8 Å². The fraction of sp³-hybridized carbons (Fsp3) is 0.143. The molecule has 0 radical (unpaired) electrons. The van der Waals surface area contributed by atoms with Crippen LogP contribution in [0.15, 0.2) is 42.2 Å². The highest BCUT2D eigenvalue weighted by Gasteiger charge is 2.06. The van der Waals surface area contributed by atoms with Crippen LogP contribution in [0.5, 0.6) is 5.75 Å². The van der Waals surface area contributed by atoms with Gasteiger partial charge >= 0.3 is 0 Å². The van der Waals surface area contributed by atoms with E-state index < -0.39 is 0 Å². The standard InChI is InChI=1S/C14H16N6O/c1-20-6-5-11(19-20)9-21-12-4-2-3-10(7-12)14(16)13(8-15)18-17/h2-7,18H,9,16-17H2,1H3/b14-13-. The summed E-state index contributed by atoms with van der Waals surface area (Å²) >= 11 is 0. The van der Waals surface area contributed by atoms with E-state index >= 15 is 0 Å². The van der Waals surface area contributed by atoms with Crippen molar-refractivity contribution in [2.24, 2.45) is 18.6 Å².